The maximum atomic E-state index is 12.8. The summed E-state index contributed by atoms with van der Waals surface area (Å²) in [5.41, 5.74) is -1.32. The van der Waals surface area contributed by atoms with E-state index >= 15 is 0 Å². The van der Waals surface area contributed by atoms with E-state index in [1.54, 1.807) is 7.05 Å². The largest absolute Gasteiger partial charge is 0.418 e. The molecule has 0 radical (unpaired) electrons. The van der Waals surface area contributed by atoms with Crippen molar-refractivity contribution in [2.45, 2.75) is 6.18 Å². The first-order chi connectivity index (χ1) is 9.91. The van der Waals surface area contributed by atoms with E-state index in [1.807, 2.05) is 0 Å². The third-order valence-electron chi connectivity index (χ3n) is 2.63. The lowest BCUT2D eigenvalue weighted by molar-refractivity contribution is -0.136. The summed E-state index contributed by atoms with van der Waals surface area (Å²) in [7, 11) is 1.63. The summed E-state index contributed by atoms with van der Waals surface area (Å²) < 4.78 is 38.4. The van der Waals surface area contributed by atoms with Gasteiger partial charge in [0.15, 0.2) is 5.69 Å². The molecule has 0 aliphatic heterocycles. The second kappa shape index (κ2) is 5.78. The number of amides is 1. The molecule has 0 atom stereocenters. The highest BCUT2D eigenvalue weighted by Gasteiger charge is 2.33. The molecule has 0 unspecified atom stereocenters. The second-order valence-electron chi connectivity index (χ2n) is 4.05. The molecular formula is C13H11F3N4O. The zero-order chi connectivity index (χ0) is 15.5. The molecule has 5 nitrogen and oxygen atoms in total. The number of para-hydroxylation sites is 1. The van der Waals surface area contributed by atoms with Crippen LogP contribution in [0.15, 0.2) is 36.4 Å². The molecule has 1 amide bonds. The number of benzene rings is 1. The first-order valence-electron chi connectivity index (χ1n) is 5.91. The lowest BCUT2D eigenvalue weighted by atomic mass is 10.1. The smallest absolute Gasteiger partial charge is 0.372 e. The van der Waals surface area contributed by atoms with Gasteiger partial charge >= 0.3 is 6.18 Å². The molecule has 1 heterocycles. The predicted molar refractivity (Wildman–Crippen MR) is 71.0 cm³/mol. The van der Waals surface area contributed by atoms with Crippen molar-refractivity contribution in [3.05, 3.63) is 47.7 Å². The van der Waals surface area contributed by atoms with Crippen molar-refractivity contribution in [3.8, 4) is 0 Å². The Hall–Kier alpha value is -2.64. The summed E-state index contributed by atoms with van der Waals surface area (Å²) >= 11 is 0. The van der Waals surface area contributed by atoms with E-state index < -0.39 is 17.6 Å². The Morgan fingerprint density at radius 3 is 2.38 bits per heavy atom. The molecule has 2 rings (SSSR count). The van der Waals surface area contributed by atoms with E-state index in [0.717, 1.165) is 6.07 Å². The fourth-order valence-corrected chi connectivity index (χ4v) is 1.61. The fourth-order valence-electron chi connectivity index (χ4n) is 1.61. The Morgan fingerprint density at radius 2 is 1.81 bits per heavy atom. The number of carbonyl (C=O) groups is 1. The van der Waals surface area contributed by atoms with Gasteiger partial charge in [-0.2, -0.15) is 13.2 Å². The molecule has 0 saturated carbocycles. The van der Waals surface area contributed by atoms with Gasteiger partial charge in [0, 0.05) is 7.05 Å². The first-order valence-corrected chi connectivity index (χ1v) is 5.91. The molecule has 0 fully saturated rings. The highest BCUT2D eigenvalue weighted by Crippen LogP contribution is 2.34. The van der Waals surface area contributed by atoms with Crippen LogP contribution in [0.25, 0.3) is 0 Å². The summed E-state index contributed by atoms with van der Waals surface area (Å²) in [4.78, 5) is 11.9. The van der Waals surface area contributed by atoms with Crippen LogP contribution in [0.5, 0.6) is 0 Å². The van der Waals surface area contributed by atoms with Gasteiger partial charge in [0.2, 0.25) is 0 Å². The van der Waals surface area contributed by atoms with Crippen LogP contribution in [-0.2, 0) is 6.18 Å². The molecule has 0 aliphatic rings. The molecule has 21 heavy (non-hydrogen) atoms. The molecule has 110 valence electrons. The molecule has 0 bridgehead atoms. The molecule has 8 heteroatoms. The highest BCUT2D eigenvalue weighted by atomic mass is 19.4. The summed E-state index contributed by atoms with van der Waals surface area (Å²) in [5, 5.41) is 12.2. The van der Waals surface area contributed by atoms with Gasteiger partial charge in [-0.05, 0) is 24.3 Å². The normalized spacial score (nSPS) is 11.0. The number of halogens is 3. The van der Waals surface area contributed by atoms with Gasteiger partial charge in [-0.25, -0.2) is 0 Å². The fraction of sp³-hybridized carbons (Fsp3) is 0.154. The van der Waals surface area contributed by atoms with E-state index in [4.69, 9.17) is 0 Å². The molecule has 2 N–H and O–H groups in total. The predicted octanol–water partition coefficient (Wildman–Crippen LogP) is 2.79. The van der Waals surface area contributed by atoms with Crippen molar-refractivity contribution < 1.29 is 18.0 Å². The topological polar surface area (TPSA) is 66.9 Å². The summed E-state index contributed by atoms with van der Waals surface area (Å²) in [6.45, 7) is 0. The van der Waals surface area contributed by atoms with Crippen molar-refractivity contribution >= 4 is 17.4 Å². The van der Waals surface area contributed by atoms with Gasteiger partial charge in [0.1, 0.15) is 5.82 Å². The zero-order valence-electron chi connectivity index (χ0n) is 10.9. The lowest BCUT2D eigenvalue weighted by Crippen LogP contribution is -2.18. The van der Waals surface area contributed by atoms with Crippen LogP contribution in [0.3, 0.4) is 0 Å². The Morgan fingerprint density at radius 1 is 1.10 bits per heavy atom. The van der Waals surface area contributed by atoms with Gasteiger partial charge in [-0.3, -0.25) is 4.79 Å². The van der Waals surface area contributed by atoms with Crippen LogP contribution in [-0.4, -0.2) is 23.2 Å². The summed E-state index contributed by atoms with van der Waals surface area (Å²) in [6, 6.07) is 7.59. The van der Waals surface area contributed by atoms with Crippen LogP contribution in [0.2, 0.25) is 0 Å². The number of anilines is 2. The number of aromatic nitrogens is 2. The van der Waals surface area contributed by atoms with Crippen molar-refractivity contribution in [2.24, 2.45) is 0 Å². The Kier molecular flexibility index (Phi) is 4.06. The monoisotopic (exact) mass is 296 g/mol. The van der Waals surface area contributed by atoms with E-state index in [-0.39, 0.29) is 11.4 Å². The molecule has 1 aromatic carbocycles. The van der Waals surface area contributed by atoms with Crippen molar-refractivity contribution in [1.29, 1.82) is 0 Å². The molecule has 0 saturated heterocycles. The third-order valence-corrected chi connectivity index (χ3v) is 2.63. The number of rotatable bonds is 3. The molecular weight excluding hydrogens is 285 g/mol. The Balaban J connectivity index is 2.23. The third kappa shape index (κ3) is 3.47. The van der Waals surface area contributed by atoms with Crippen LogP contribution in [0.1, 0.15) is 16.1 Å². The van der Waals surface area contributed by atoms with Gasteiger partial charge in [0.05, 0.1) is 11.3 Å². The minimum atomic E-state index is -4.55. The van der Waals surface area contributed by atoms with Gasteiger partial charge in [-0.15, -0.1) is 10.2 Å². The average molecular weight is 296 g/mol. The van der Waals surface area contributed by atoms with Crippen molar-refractivity contribution in [3.63, 3.8) is 0 Å². The maximum absolute atomic E-state index is 12.8. The van der Waals surface area contributed by atoms with Crippen molar-refractivity contribution in [1.82, 2.24) is 10.2 Å². The average Bonchev–Trinajstić information content (AvgIpc) is 2.47. The minimum Gasteiger partial charge on any atom is -0.372 e. The van der Waals surface area contributed by atoms with Crippen LogP contribution in [0.4, 0.5) is 24.7 Å². The van der Waals surface area contributed by atoms with E-state index in [2.05, 4.69) is 20.8 Å². The minimum absolute atomic E-state index is 0.0778. The van der Waals surface area contributed by atoms with E-state index in [9.17, 15) is 18.0 Å². The number of hydrogen-bond donors (Lipinski definition) is 2. The number of hydrogen-bond acceptors (Lipinski definition) is 4. The van der Waals surface area contributed by atoms with Gasteiger partial charge in [0.25, 0.3) is 5.91 Å². The van der Waals surface area contributed by atoms with E-state index in [1.165, 1.54) is 30.3 Å². The van der Waals surface area contributed by atoms with Crippen LogP contribution < -0.4 is 10.6 Å². The molecule has 0 aliphatic carbocycles. The SMILES string of the molecule is CNc1ccc(C(=O)Nc2ccccc2C(F)(F)F)nn1. The van der Waals surface area contributed by atoms with Gasteiger partial charge < -0.3 is 10.6 Å². The number of nitrogens with one attached hydrogen (secondary N) is 2. The quantitative estimate of drug-likeness (QED) is 0.914. The number of carbonyl (C=O) groups excluding carboxylic acids is 1. The second-order valence-corrected chi connectivity index (χ2v) is 4.05. The number of nitrogens with zero attached hydrogens (tertiary/aromatic N) is 2. The lowest BCUT2D eigenvalue weighted by Gasteiger charge is -2.13. The van der Waals surface area contributed by atoms with Gasteiger partial charge in [-0.1, -0.05) is 12.1 Å². The van der Waals surface area contributed by atoms with Crippen molar-refractivity contribution in [2.75, 3.05) is 17.7 Å². The zero-order valence-corrected chi connectivity index (χ0v) is 10.9. The Labute approximate surface area is 118 Å². The maximum Gasteiger partial charge on any atom is 0.418 e. The van der Waals surface area contributed by atoms with Crippen LogP contribution >= 0.6 is 0 Å². The molecule has 0 spiro atoms. The van der Waals surface area contributed by atoms with E-state index in [0.29, 0.717) is 5.82 Å². The molecule has 2 aromatic rings. The standard InChI is InChI=1S/C13H11F3N4O/c1-17-11-7-6-10(19-20-11)12(21)18-9-5-3-2-4-8(9)13(14,15)16/h2-7H,1H3,(H,17,20)(H,18,21). The highest BCUT2D eigenvalue weighted by molar-refractivity contribution is 6.03. The molecule has 1 aromatic heterocycles. The summed E-state index contributed by atoms with van der Waals surface area (Å²) in [5.74, 6) is -0.316. The first kappa shape index (κ1) is 14.8. The Bertz CT molecular complexity index is 641. The van der Waals surface area contributed by atoms with Crippen LogP contribution in [0, 0.1) is 0 Å². The summed E-state index contributed by atoms with van der Waals surface area (Å²) in [6.07, 6.45) is -4.55. The number of alkyl halides is 3.